The minimum atomic E-state index is -0.0388. The molecule has 1 aliphatic carbocycles. The molecular weight excluding hydrogens is 272 g/mol. The zero-order chi connectivity index (χ0) is 14.2. The lowest BCUT2D eigenvalue weighted by Gasteiger charge is -2.47. The first-order chi connectivity index (χ1) is 9.65. The minimum absolute atomic E-state index is 0.0388. The first kappa shape index (κ1) is 14.4. The summed E-state index contributed by atoms with van der Waals surface area (Å²) in [6, 6.07) is -0.0388. The molecule has 1 saturated heterocycles. The number of likely N-dealkylation sites (tertiary alicyclic amines) is 1. The van der Waals surface area contributed by atoms with Crippen molar-refractivity contribution in [1.82, 2.24) is 14.7 Å². The van der Waals surface area contributed by atoms with E-state index in [0.717, 1.165) is 5.69 Å². The maximum Gasteiger partial charge on any atom is 0.0834 e. The Bertz CT molecular complexity index is 439. The number of hydrogen-bond acceptors (Lipinski definition) is 3. The van der Waals surface area contributed by atoms with E-state index in [1.54, 1.807) is 6.20 Å². The smallest absolute Gasteiger partial charge is 0.0834 e. The van der Waals surface area contributed by atoms with Crippen LogP contribution in [-0.4, -0.2) is 33.3 Å². The van der Waals surface area contributed by atoms with Crippen LogP contribution in [0, 0.1) is 0 Å². The van der Waals surface area contributed by atoms with Gasteiger partial charge >= 0.3 is 0 Å². The summed E-state index contributed by atoms with van der Waals surface area (Å²) in [5.41, 5.74) is 7.82. The third kappa shape index (κ3) is 2.28. The van der Waals surface area contributed by atoms with Crippen molar-refractivity contribution in [2.75, 3.05) is 13.1 Å². The van der Waals surface area contributed by atoms with Crippen LogP contribution in [0.15, 0.2) is 6.20 Å². The number of nitrogens with two attached hydrogens (primary N) is 1. The molecule has 0 radical (unpaired) electrons. The van der Waals surface area contributed by atoms with Gasteiger partial charge in [0.15, 0.2) is 0 Å². The molecule has 1 saturated carbocycles. The highest BCUT2D eigenvalue weighted by Gasteiger charge is 2.46. The SMILES string of the molecule is Cn1ncc(Cl)c1C(N)C1(N2CCCCC2)CCCC1. The molecule has 1 aromatic heterocycles. The molecule has 2 N–H and O–H groups in total. The molecule has 2 heterocycles. The van der Waals surface area contributed by atoms with Crippen LogP contribution in [0.2, 0.25) is 5.02 Å². The third-order valence-electron chi connectivity index (χ3n) is 5.27. The standard InChI is InChI=1S/C15H25ClN4/c1-19-13(12(16)11-18-19)14(17)15(7-3-4-8-15)20-9-5-2-6-10-20/h11,14H,2-10,17H2,1H3. The summed E-state index contributed by atoms with van der Waals surface area (Å²) in [7, 11) is 1.94. The molecule has 2 aliphatic rings. The summed E-state index contributed by atoms with van der Waals surface area (Å²) < 4.78 is 1.86. The van der Waals surface area contributed by atoms with Crippen LogP contribution in [0.3, 0.4) is 0 Å². The van der Waals surface area contributed by atoms with Gasteiger partial charge in [-0.05, 0) is 38.8 Å². The number of nitrogens with zero attached hydrogens (tertiary/aromatic N) is 3. The van der Waals surface area contributed by atoms with Crippen molar-refractivity contribution in [1.29, 1.82) is 0 Å². The van der Waals surface area contributed by atoms with E-state index >= 15 is 0 Å². The highest BCUT2D eigenvalue weighted by atomic mass is 35.5. The fourth-order valence-electron chi connectivity index (χ4n) is 4.17. The van der Waals surface area contributed by atoms with Gasteiger partial charge in [0.25, 0.3) is 0 Å². The summed E-state index contributed by atoms with van der Waals surface area (Å²) >= 11 is 6.34. The first-order valence-corrected chi connectivity index (χ1v) is 8.21. The van der Waals surface area contributed by atoms with E-state index in [9.17, 15) is 0 Å². The number of aryl methyl sites for hydroxylation is 1. The van der Waals surface area contributed by atoms with Gasteiger partial charge in [0.1, 0.15) is 0 Å². The van der Waals surface area contributed by atoms with Crippen molar-refractivity contribution in [2.45, 2.75) is 56.5 Å². The van der Waals surface area contributed by atoms with E-state index in [1.807, 2.05) is 11.7 Å². The van der Waals surface area contributed by atoms with Gasteiger partial charge in [-0.2, -0.15) is 5.10 Å². The normalized spacial score (nSPS) is 24.9. The van der Waals surface area contributed by atoms with Gasteiger partial charge in [0.2, 0.25) is 0 Å². The molecule has 112 valence electrons. The number of aromatic nitrogens is 2. The molecule has 0 amide bonds. The molecular formula is C15H25ClN4. The van der Waals surface area contributed by atoms with Crippen molar-refractivity contribution in [3.8, 4) is 0 Å². The molecule has 1 aliphatic heterocycles. The maximum atomic E-state index is 6.73. The molecule has 2 fully saturated rings. The van der Waals surface area contributed by atoms with Crippen LogP contribution in [0.5, 0.6) is 0 Å². The minimum Gasteiger partial charge on any atom is -0.321 e. The average Bonchev–Trinajstić information content (AvgIpc) is 3.08. The first-order valence-electron chi connectivity index (χ1n) is 7.83. The van der Waals surface area contributed by atoms with Crippen molar-refractivity contribution in [3.05, 3.63) is 16.9 Å². The summed E-state index contributed by atoms with van der Waals surface area (Å²) in [5.74, 6) is 0. The fourth-order valence-corrected chi connectivity index (χ4v) is 4.46. The van der Waals surface area contributed by atoms with Gasteiger partial charge in [-0.25, -0.2) is 0 Å². The fraction of sp³-hybridized carbons (Fsp3) is 0.800. The predicted molar refractivity (Wildman–Crippen MR) is 81.8 cm³/mol. The number of piperidine rings is 1. The Labute approximate surface area is 126 Å². The molecule has 1 aromatic rings. The average molecular weight is 297 g/mol. The second-order valence-corrected chi connectivity index (χ2v) is 6.74. The van der Waals surface area contributed by atoms with Gasteiger partial charge in [-0.15, -0.1) is 0 Å². The maximum absolute atomic E-state index is 6.73. The molecule has 4 nitrogen and oxygen atoms in total. The zero-order valence-electron chi connectivity index (χ0n) is 12.3. The van der Waals surface area contributed by atoms with Crippen molar-refractivity contribution >= 4 is 11.6 Å². The zero-order valence-corrected chi connectivity index (χ0v) is 13.1. The van der Waals surface area contributed by atoms with Crippen LogP contribution < -0.4 is 5.73 Å². The Kier molecular flexibility index (Phi) is 4.07. The molecule has 20 heavy (non-hydrogen) atoms. The van der Waals surface area contributed by atoms with Gasteiger partial charge in [0, 0.05) is 12.6 Å². The second-order valence-electron chi connectivity index (χ2n) is 6.34. The Morgan fingerprint density at radius 2 is 1.85 bits per heavy atom. The Morgan fingerprint density at radius 3 is 2.40 bits per heavy atom. The van der Waals surface area contributed by atoms with Crippen LogP contribution in [-0.2, 0) is 7.05 Å². The summed E-state index contributed by atoms with van der Waals surface area (Å²) in [6.45, 7) is 2.37. The lowest BCUT2D eigenvalue weighted by atomic mass is 9.83. The second kappa shape index (κ2) is 5.66. The molecule has 5 heteroatoms. The molecule has 0 bridgehead atoms. The third-order valence-corrected chi connectivity index (χ3v) is 5.56. The molecule has 1 unspecified atom stereocenters. The molecule has 3 rings (SSSR count). The van der Waals surface area contributed by atoms with Crippen LogP contribution in [0.4, 0.5) is 0 Å². The Morgan fingerprint density at radius 1 is 1.20 bits per heavy atom. The van der Waals surface area contributed by atoms with Crippen molar-refractivity contribution in [3.63, 3.8) is 0 Å². The summed E-state index contributed by atoms with van der Waals surface area (Å²) in [6.07, 6.45) is 10.6. The van der Waals surface area contributed by atoms with Crippen molar-refractivity contribution in [2.24, 2.45) is 12.8 Å². The number of hydrogen-bond donors (Lipinski definition) is 1. The summed E-state index contributed by atoms with van der Waals surface area (Å²) in [5, 5.41) is 4.98. The molecule has 1 atom stereocenters. The van der Waals surface area contributed by atoms with E-state index in [4.69, 9.17) is 17.3 Å². The highest BCUT2D eigenvalue weighted by Crippen LogP contribution is 2.45. The highest BCUT2D eigenvalue weighted by molar-refractivity contribution is 6.31. The predicted octanol–water partition coefficient (Wildman–Crippen LogP) is 2.87. The number of halogens is 1. The Balaban J connectivity index is 1.93. The van der Waals surface area contributed by atoms with Crippen LogP contribution >= 0.6 is 11.6 Å². The molecule has 0 spiro atoms. The van der Waals surface area contributed by atoms with Gasteiger partial charge in [-0.3, -0.25) is 9.58 Å². The lowest BCUT2D eigenvalue weighted by Crippen LogP contribution is -2.55. The quantitative estimate of drug-likeness (QED) is 0.933. The van der Waals surface area contributed by atoms with Gasteiger partial charge < -0.3 is 5.73 Å². The van der Waals surface area contributed by atoms with Crippen LogP contribution in [0.25, 0.3) is 0 Å². The molecule has 0 aromatic carbocycles. The van der Waals surface area contributed by atoms with E-state index in [2.05, 4.69) is 10.00 Å². The van der Waals surface area contributed by atoms with E-state index < -0.39 is 0 Å². The lowest BCUT2D eigenvalue weighted by molar-refractivity contribution is 0.0457. The van der Waals surface area contributed by atoms with Crippen LogP contribution in [0.1, 0.15) is 56.7 Å². The van der Waals surface area contributed by atoms with E-state index in [-0.39, 0.29) is 11.6 Å². The van der Waals surface area contributed by atoms with Gasteiger partial charge in [0.05, 0.1) is 23.0 Å². The summed E-state index contributed by atoms with van der Waals surface area (Å²) in [4.78, 5) is 2.65. The topological polar surface area (TPSA) is 47.1 Å². The van der Waals surface area contributed by atoms with E-state index in [0.29, 0.717) is 5.02 Å². The Hall–Kier alpha value is -0.580. The van der Waals surface area contributed by atoms with Gasteiger partial charge in [-0.1, -0.05) is 30.9 Å². The monoisotopic (exact) mass is 296 g/mol. The largest absolute Gasteiger partial charge is 0.321 e. The van der Waals surface area contributed by atoms with E-state index in [1.165, 1.54) is 58.0 Å². The van der Waals surface area contributed by atoms with Crippen molar-refractivity contribution < 1.29 is 0 Å². The number of rotatable bonds is 3.